The lowest BCUT2D eigenvalue weighted by atomic mass is 10.0. The second-order valence-electron chi connectivity index (χ2n) is 10.5. The number of amides is 2. The maximum Gasteiger partial charge on any atom is 0.323 e. The van der Waals surface area contributed by atoms with Gasteiger partial charge in [0.05, 0.1) is 4.92 Å². The Morgan fingerprint density at radius 2 is 1.89 bits per heavy atom. The molecule has 0 aromatic heterocycles. The molecule has 2 saturated heterocycles. The standard InChI is InChI=1S/C26H39N5O5/c1-3-30(26(33)27-16-19-5-8-23(9-6-19)31(34)35)22-10-12-29(13-11-22)17-20-4-7-21(15-20)28-24-14-18(2)36-25(24)32/h5-6,8-9,18,20-22,24,28H,3-4,7,10-17H2,1-2H3,(H,27,33). The first-order chi connectivity index (χ1) is 17.3. The molecule has 0 spiro atoms. The molecule has 3 aliphatic rings. The number of ether oxygens (including phenoxy) is 1. The number of non-ortho nitro benzene ring substituents is 1. The van der Waals surface area contributed by atoms with Gasteiger partial charge >= 0.3 is 12.0 Å². The van der Waals surface area contributed by atoms with Gasteiger partial charge in [0.15, 0.2) is 0 Å². The minimum Gasteiger partial charge on any atom is -0.461 e. The normalized spacial score (nSPS) is 27.1. The molecule has 2 aliphatic heterocycles. The molecule has 2 heterocycles. The van der Waals surface area contributed by atoms with E-state index < -0.39 is 4.92 Å². The maximum absolute atomic E-state index is 12.9. The van der Waals surface area contributed by atoms with Gasteiger partial charge in [-0.25, -0.2) is 4.79 Å². The van der Waals surface area contributed by atoms with Gasteiger partial charge in [-0.15, -0.1) is 0 Å². The summed E-state index contributed by atoms with van der Waals surface area (Å²) >= 11 is 0. The number of hydrogen-bond acceptors (Lipinski definition) is 7. The number of cyclic esters (lactones) is 1. The summed E-state index contributed by atoms with van der Waals surface area (Å²) in [6.07, 6.45) is 6.09. The second kappa shape index (κ2) is 12.0. The van der Waals surface area contributed by atoms with E-state index in [1.54, 1.807) is 12.1 Å². The third-order valence-electron chi connectivity index (χ3n) is 7.85. The fourth-order valence-electron chi connectivity index (χ4n) is 5.93. The fourth-order valence-corrected chi connectivity index (χ4v) is 5.93. The van der Waals surface area contributed by atoms with Gasteiger partial charge in [-0.3, -0.25) is 14.9 Å². The summed E-state index contributed by atoms with van der Waals surface area (Å²) < 4.78 is 5.27. The number of esters is 1. The van der Waals surface area contributed by atoms with E-state index in [-0.39, 0.29) is 35.9 Å². The van der Waals surface area contributed by atoms with Gasteiger partial charge in [-0.05, 0) is 57.4 Å². The number of carbonyl (C=O) groups is 2. The molecule has 198 valence electrons. The van der Waals surface area contributed by atoms with E-state index >= 15 is 0 Å². The SMILES string of the molecule is CCN(C(=O)NCc1ccc([N+](=O)[O-])cc1)C1CCN(CC2CCC(NC3CC(C)OC3=O)C2)CC1. The van der Waals surface area contributed by atoms with Crippen molar-refractivity contribution in [2.75, 3.05) is 26.2 Å². The van der Waals surface area contributed by atoms with Crippen molar-refractivity contribution < 1.29 is 19.2 Å². The van der Waals surface area contributed by atoms with Gasteiger partial charge < -0.3 is 25.2 Å². The molecular formula is C26H39N5O5. The van der Waals surface area contributed by atoms with Crippen LogP contribution < -0.4 is 10.6 Å². The highest BCUT2D eigenvalue weighted by Gasteiger charge is 2.36. The van der Waals surface area contributed by atoms with Gasteiger partial charge in [-0.1, -0.05) is 12.1 Å². The predicted molar refractivity (Wildman–Crippen MR) is 135 cm³/mol. The Bertz CT molecular complexity index is 918. The molecule has 4 rings (SSSR count). The summed E-state index contributed by atoms with van der Waals surface area (Å²) in [7, 11) is 0. The van der Waals surface area contributed by atoms with Crippen LogP contribution in [0.4, 0.5) is 10.5 Å². The van der Waals surface area contributed by atoms with Crippen molar-refractivity contribution in [3.8, 4) is 0 Å². The number of hydrogen-bond donors (Lipinski definition) is 2. The number of piperidine rings is 1. The average Bonchev–Trinajstić information content (AvgIpc) is 3.44. The van der Waals surface area contributed by atoms with Gasteiger partial charge in [0, 0.05) is 63.4 Å². The molecule has 3 fully saturated rings. The van der Waals surface area contributed by atoms with Crippen molar-refractivity contribution in [2.24, 2.45) is 5.92 Å². The quantitative estimate of drug-likeness (QED) is 0.303. The summed E-state index contributed by atoms with van der Waals surface area (Å²) in [5, 5.41) is 17.3. The van der Waals surface area contributed by atoms with Crippen molar-refractivity contribution in [3.63, 3.8) is 0 Å². The van der Waals surface area contributed by atoms with Crippen LogP contribution in [0.2, 0.25) is 0 Å². The molecule has 1 aromatic rings. The Kier molecular flexibility index (Phi) is 8.79. The topological polar surface area (TPSA) is 117 Å². The number of nitrogens with one attached hydrogen (secondary N) is 2. The molecule has 1 aliphatic carbocycles. The van der Waals surface area contributed by atoms with Crippen molar-refractivity contribution in [3.05, 3.63) is 39.9 Å². The Morgan fingerprint density at radius 3 is 2.50 bits per heavy atom. The summed E-state index contributed by atoms with van der Waals surface area (Å²) in [6, 6.07) is 6.65. The number of benzene rings is 1. The molecule has 36 heavy (non-hydrogen) atoms. The smallest absolute Gasteiger partial charge is 0.323 e. The van der Waals surface area contributed by atoms with E-state index in [4.69, 9.17) is 4.74 Å². The monoisotopic (exact) mass is 501 g/mol. The summed E-state index contributed by atoms with van der Waals surface area (Å²) in [6.45, 7) is 7.99. The van der Waals surface area contributed by atoms with Crippen LogP contribution in [0, 0.1) is 16.0 Å². The van der Waals surface area contributed by atoms with Gasteiger partial charge in [0.1, 0.15) is 12.1 Å². The number of likely N-dealkylation sites (tertiary alicyclic amines) is 1. The highest BCUT2D eigenvalue weighted by Crippen LogP contribution is 2.29. The highest BCUT2D eigenvalue weighted by molar-refractivity contribution is 5.78. The van der Waals surface area contributed by atoms with Gasteiger partial charge in [-0.2, -0.15) is 0 Å². The molecule has 1 saturated carbocycles. The minimum absolute atomic E-state index is 0.0144. The predicted octanol–water partition coefficient (Wildman–Crippen LogP) is 3.05. The average molecular weight is 502 g/mol. The molecule has 1 aromatic carbocycles. The molecule has 10 nitrogen and oxygen atoms in total. The van der Waals surface area contributed by atoms with E-state index in [0.29, 0.717) is 25.0 Å². The van der Waals surface area contributed by atoms with E-state index in [9.17, 15) is 19.7 Å². The largest absolute Gasteiger partial charge is 0.461 e. The molecule has 2 amide bonds. The van der Waals surface area contributed by atoms with Crippen molar-refractivity contribution in [1.29, 1.82) is 0 Å². The Hall–Kier alpha value is -2.72. The number of nitro benzene ring substituents is 1. The van der Waals surface area contributed by atoms with Gasteiger partial charge in [0.25, 0.3) is 5.69 Å². The van der Waals surface area contributed by atoms with Crippen LogP contribution in [0.1, 0.15) is 57.9 Å². The summed E-state index contributed by atoms with van der Waals surface area (Å²) in [5.74, 6) is 0.534. The van der Waals surface area contributed by atoms with Crippen LogP contribution in [-0.2, 0) is 16.1 Å². The second-order valence-corrected chi connectivity index (χ2v) is 10.5. The molecule has 4 unspecified atom stereocenters. The van der Waals surface area contributed by atoms with E-state index in [0.717, 1.165) is 57.3 Å². The van der Waals surface area contributed by atoms with Crippen molar-refractivity contribution in [1.82, 2.24) is 20.4 Å². The summed E-state index contributed by atoms with van der Waals surface area (Å²) in [4.78, 5) is 39.6. The zero-order chi connectivity index (χ0) is 25.7. The minimum atomic E-state index is -0.427. The zero-order valence-corrected chi connectivity index (χ0v) is 21.4. The molecule has 0 bridgehead atoms. The molecule has 0 radical (unpaired) electrons. The first kappa shape index (κ1) is 26.3. The third kappa shape index (κ3) is 6.73. The van der Waals surface area contributed by atoms with Crippen LogP contribution in [0.3, 0.4) is 0 Å². The highest BCUT2D eigenvalue weighted by atomic mass is 16.6. The molecule has 4 atom stereocenters. The van der Waals surface area contributed by atoms with Crippen LogP contribution in [-0.4, -0.2) is 77.1 Å². The Morgan fingerprint density at radius 1 is 1.17 bits per heavy atom. The van der Waals surface area contributed by atoms with E-state index in [1.165, 1.54) is 18.6 Å². The number of nitrogens with zero attached hydrogens (tertiary/aromatic N) is 3. The van der Waals surface area contributed by atoms with Crippen LogP contribution in [0.15, 0.2) is 24.3 Å². The lowest BCUT2D eigenvalue weighted by Gasteiger charge is -2.39. The van der Waals surface area contributed by atoms with E-state index in [2.05, 4.69) is 15.5 Å². The van der Waals surface area contributed by atoms with Crippen molar-refractivity contribution in [2.45, 2.75) is 83.1 Å². The molecule has 2 N–H and O–H groups in total. The van der Waals surface area contributed by atoms with Gasteiger partial charge in [0.2, 0.25) is 0 Å². The summed E-state index contributed by atoms with van der Waals surface area (Å²) in [5.41, 5.74) is 0.882. The van der Waals surface area contributed by atoms with Crippen molar-refractivity contribution >= 4 is 17.7 Å². The van der Waals surface area contributed by atoms with Crippen LogP contribution in [0.5, 0.6) is 0 Å². The number of nitro groups is 1. The number of carbonyl (C=O) groups excluding carboxylic acids is 2. The molecular weight excluding hydrogens is 462 g/mol. The third-order valence-corrected chi connectivity index (χ3v) is 7.85. The Balaban J connectivity index is 1.17. The van der Waals surface area contributed by atoms with Crippen LogP contribution >= 0.6 is 0 Å². The maximum atomic E-state index is 12.9. The first-order valence-corrected chi connectivity index (χ1v) is 13.3. The fraction of sp³-hybridized carbons (Fsp3) is 0.692. The lowest BCUT2D eigenvalue weighted by molar-refractivity contribution is -0.384. The Labute approximate surface area is 212 Å². The lowest BCUT2D eigenvalue weighted by Crippen LogP contribution is -2.51. The first-order valence-electron chi connectivity index (χ1n) is 13.3. The van der Waals surface area contributed by atoms with E-state index in [1.807, 2.05) is 18.7 Å². The molecule has 10 heteroatoms. The number of rotatable bonds is 9. The zero-order valence-electron chi connectivity index (χ0n) is 21.4. The van der Waals surface area contributed by atoms with Crippen LogP contribution in [0.25, 0.3) is 0 Å². The number of urea groups is 1.